The van der Waals surface area contributed by atoms with Crippen molar-refractivity contribution in [3.05, 3.63) is 64.7 Å². The van der Waals surface area contributed by atoms with E-state index < -0.39 is 17.5 Å². The number of hydrogen-bond donors (Lipinski definition) is 1. The van der Waals surface area contributed by atoms with Gasteiger partial charge in [0.15, 0.2) is 0 Å². The second kappa shape index (κ2) is 7.19. The maximum Gasteiger partial charge on any atom is 0.325 e. The van der Waals surface area contributed by atoms with Gasteiger partial charge < -0.3 is 10.2 Å². The molecule has 0 radical (unpaired) electrons. The maximum atomic E-state index is 13.3. The van der Waals surface area contributed by atoms with E-state index in [0.29, 0.717) is 17.0 Å². The second-order valence-electron chi connectivity index (χ2n) is 7.54. The van der Waals surface area contributed by atoms with E-state index in [1.807, 2.05) is 38.1 Å². The molecule has 2 atom stereocenters. The van der Waals surface area contributed by atoms with Gasteiger partial charge >= 0.3 is 6.03 Å². The second-order valence-corrected chi connectivity index (χ2v) is 7.97. The van der Waals surface area contributed by atoms with Gasteiger partial charge in [0, 0.05) is 16.8 Å². The number of nitrogens with zero attached hydrogens (tertiary/aromatic N) is 2. The van der Waals surface area contributed by atoms with Crippen LogP contribution in [-0.2, 0) is 21.5 Å². The smallest absolute Gasteiger partial charge is 0.319 e. The van der Waals surface area contributed by atoms with E-state index in [9.17, 15) is 14.4 Å². The van der Waals surface area contributed by atoms with Crippen molar-refractivity contribution >= 4 is 35.1 Å². The Morgan fingerprint density at radius 1 is 1.21 bits per heavy atom. The number of fused-ring (bicyclic) bond motifs is 1. The Kier molecular flexibility index (Phi) is 4.82. The van der Waals surface area contributed by atoms with Crippen LogP contribution in [0.15, 0.2) is 48.5 Å². The summed E-state index contributed by atoms with van der Waals surface area (Å²) in [7, 11) is 0. The molecule has 1 fully saturated rings. The Bertz CT molecular complexity index is 1010. The minimum atomic E-state index is -1.21. The van der Waals surface area contributed by atoms with Crippen molar-refractivity contribution in [3.63, 3.8) is 0 Å². The van der Waals surface area contributed by atoms with Crippen LogP contribution in [0.3, 0.4) is 0 Å². The normalized spacial score (nSPS) is 23.3. The zero-order valence-electron chi connectivity index (χ0n) is 16.3. The first-order valence-corrected chi connectivity index (χ1v) is 10.1. The van der Waals surface area contributed by atoms with Crippen molar-refractivity contribution in [2.75, 3.05) is 11.4 Å². The van der Waals surface area contributed by atoms with Crippen LogP contribution in [-0.4, -0.2) is 35.3 Å². The standard InChI is InChI=1S/C22H22ClN3O3/c1-3-22(16-8-6-9-17(23)12-16)20(28)25(21(29)24-22)13-19(27)26-14(2)11-15-7-4-5-10-18(15)26/h4-10,12,14H,3,11,13H2,1-2H3,(H,24,29)/t14-,22+/m1/s1. The molecule has 0 aromatic heterocycles. The van der Waals surface area contributed by atoms with Gasteiger partial charge in [0.1, 0.15) is 12.1 Å². The molecule has 0 unspecified atom stereocenters. The SMILES string of the molecule is CC[C@@]1(c2cccc(Cl)c2)NC(=O)N(CC(=O)N2c3ccccc3C[C@H]2C)C1=O. The van der Waals surface area contributed by atoms with E-state index >= 15 is 0 Å². The third-order valence-electron chi connectivity index (χ3n) is 5.79. The number of hydrogen-bond acceptors (Lipinski definition) is 3. The lowest BCUT2D eigenvalue weighted by atomic mass is 9.87. The number of halogens is 1. The summed E-state index contributed by atoms with van der Waals surface area (Å²) >= 11 is 6.10. The highest BCUT2D eigenvalue weighted by Gasteiger charge is 2.52. The molecule has 2 heterocycles. The largest absolute Gasteiger partial charge is 0.325 e. The first kappa shape index (κ1) is 19.5. The average molecular weight is 412 g/mol. The molecule has 150 valence electrons. The Labute approximate surface area is 174 Å². The summed E-state index contributed by atoms with van der Waals surface area (Å²) in [6.07, 6.45) is 1.11. The molecule has 2 aliphatic heterocycles. The molecule has 0 spiro atoms. The average Bonchev–Trinajstić information content (AvgIpc) is 3.16. The summed E-state index contributed by atoms with van der Waals surface area (Å²) in [6, 6.07) is 14.0. The van der Waals surface area contributed by atoms with Gasteiger partial charge in [0.25, 0.3) is 5.91 Å². The molecule has 0 bridgehead atoms. The van der Waals surface area contributed by atoms with Crippen molar-refractivity contribution in [2.24, 2.45) is 0 Å². The molecule has 2 aromatic carbocycles. The predicted molar refractivity (Wildman–Crippen MR) is 111 cm³/mol. The fourth-order valence-corrected chi connectivity index (χ4v) is 4.51. The Balaban J connectivity index is 1.61. The molecule has 1 N–H and O–H groups in total. The summed E-state index contributed by atoms with van der Waals surface area (Å²) in [5.74, 6) is -0.704. The Hall–Kier alpha value is -2.86. The van der Waals surface area contributed by atoms with Gasteiger partial charge in [-0.3, -0.25) is 14.5 Å². The quantitative estimate of drug-likeness (QED) is 0.783. The monoisotopic (exact) mass is 411 g/mol. The summed E-state index contributed by atoms with van der Waals surface area (Å²) < 4.78 is 0. The lowest BCUT2D eigenvalue weighted by Crippen LogP contribution is -2.46. The van der Waals surface area contributed by atoms with Crippen LogP contribution in [0.25, 0.3) is 0 Å². The van der Waals surface area contributed by atoms with E-state index in [1.54, 1.807) is 29.2 Å². The van der Waals surface area contributed by atoms with Crippen molar-refractivity contribution in [1.29, 1.82) is 0 Å². The van der Waals surface area contributed by atoms with Crippen molar-refractivity contribution < 1.29 is 14.4 Å². The highest BCUT2D eigenvalue weighted by Crippen LogP contribution is 2.35. The van der Waals surface area contributed by atoms with Gasteiger partial charge in [-0.2, -0.15) is 0 Å². The van der Waals surface area contributed by atoms with Crippen LogP contribution < -0.4 is 10.2 Å². The molecule has 29 heavy (non-hydrogen) atoms. The molecule has 2 aliphatic rings. The van der Waals surface area contributed by atoms with Crippen LogP contribution in [0.2, 0.25) is 5.02 Å². The van der Waals surface area contributed by atoms with E-state index in [2.05, 4.69) is 5.32 Å². The van der Waals surface area contributed by atoms with Gasteiger partial charge in [-0.05, 0) is 49.1 Å². The molecule has 2 aromatic rings. The first-order chi connectivity index (χ1) is 13.9. The number of anilines is 1. The minimum absolute atomic E-state index is 0.0236. The third kappa shape index (κ3) is 3.08. The van der Waals surface area contributed by atoms with Crippen LogP contribution in [0.5, 0.6) is 0 Å². The summed E-state index contributed by atoms with van der Waals surface area (Å²) in [5.41, 5.74) is 1.33. The number of imide groups is 1. The number of carbonyl (C=O) groups excluding carboxylic acids is 3. The van der Waals surface area contributed by atoms with Crippen LogP contribution in [0.1, 0.15) is 31.4 Å². The van der Waals surface area contributed by atoms with E-state index in [4.69, 9.17) is 11.6 Å². The molecule has 0 aliphatic carbocycles. The number of para-hydroxylation sites is 1. The van der Waals surface area contributed by atoms with Gasteiger partial charge in [0.05, 0.1) is 0 Å². The molecule has 4 amide bonds. The zero-order chi connectivity index (χ0) is 20.8. The molecular weight excluding hydrogens is 390 g/mol. The molecule has 7 heteroatoms. The van der Waals surface area contributed by atoms with E-state index in [1.165, 1.54) is 0 Å². The minimum Gasteiger partial charge on any atom is -0.319 e. The lowest BCUT2D eigenvalue weighted by molar-refractivity contribution is -0.134. The Morgan fingerprint density at radius 3 is 2.69 bits per heavy atom. The number of rotatable bonds is 4. The van der Waals surface area contributed by atoms with E-state index in [-0.39, 0.29) is 18.5 Å². The van der Waals surface area contributed by atoms with E-state index in [0.717, 1.165) is 22.6 Å². The summed E-state index contributed by atoms with van der Waals surface area (Å²) in [4.78, 5) is 41.8. The van der Waals surface area contributed by atoms with Crippen LogP contribution >= 0.6 is 11.6 Å². The van der Waals surface area contributed by atoms with Crippen molar-refractivity contribution in [1.82, 2.24) is 10.2 Å². The van der Waals surface area contributed by atoms with Crippen LogP contribution in [0.4, 0.5) is 10.5 Å². The van der Waals surface area contributed by atoms with Crippen molar-refractivity contribution in [2.45, 2.75) is 38.3 Å². The molecular formula is C22H22ClN3O3. The molecule has 1 saturated heterocycles. The molecule has 4 rings (SSSR count). The Morgan fingerprint density at radius 2 is 1.97 bits per heavy atom. The van der Waals surface area contributed by atoms with Crippen LogP contribution in [0, 0.1) is 0 Å². The topological polar surface area (TPSA) is 69.7 Å². The van der Waals surface area contributed by atoms with Crippen molar-refractivity contribution in [3.8, 4) is 0 Å². The van der Waals surface area contributed by atoms with Gasteiger partial charge in [0.2, 0.25) is 5.91 Å². The number of benzene rings is 2. The summed E-state index contributed by atoms with van der Waals surface area (Å²) in [6.45, 7) is 3.49. The zero-order valence-corrected chi connectivity index (χ0v) is 17.1. The number of urea groups is 1. The third-order valence-corrected chi connectivity index (χ3v) is 6.03. The highest BCUT2D eigenvalue weighted by molar-refractivity contribution is 6.30. The van der Waals surface area contributed by atoms with Gasteiger partial charge in [-0.15, -0.1) is 0 Å². The highest BCUT2D eigenvalue weighted by atomic mass is 35.5. The molecule has 6 nitrogen and oxygen atoms in total. The van der Waals surface area contributed by atoms with Gasteiger partial charge in [-0.25, -0.2) is 4.79 Å². The lowest BCUT2D eigenvalue weighted by Gasteiger charge is -2.27. The first-order valence-electron chi connectivity index (χ1n) is 9.67. The fourth-order valence-electron chi connectivity index (χ4n) is 4.32. The molecule has 0 saturated carbocycles. The predicted octanol–water partition coefficient (Wildman–Crippen LogP) is 3.47. The number of carbonyl (C=O) groups is 3. The number of nitrogens with one attached hydrogen (secondary N) is 1. The van der Waals surface area contributed by atoms with Gasteiger partial charge in [-0.1, -0.05) is 48.9 Å². The number of amides is 4. The summed E-state index contributed by atoms with van der Waals surface area (Å²) in [5, 5.41) is 3.28. The maximum absolute atomic E-state index is 13.3. The fraction of sp³-hybridized carbons (Fsp3) is 0.318.